The highest BCUT2D eigenvalue weighted by Crippen LogP contribution is 2.17. The predicted molar refractivity (Wildman–Crippen MR) is 67.0 cm³/mol. The molecule has 0 aliphatic heterocycles. The van der Waals surface area contributed by atoms with Crippen LogP contribution in [0.2, 0.25) is 0 Å². The Hall–Kier alpha value is -1.88. The van der Waals surface area contributed by atoms with Crippen LogP contribution in [0.4, 0.5) is 0 Å². The van der Waals surface area contributed by atoms with Crippen LogP contribution in [0.15, 0.2) is 45.9 Å². The number of hydrogen-bond donors (Lipinski definition) is 1. The van der Waals surface area contributed by atoms with Gasteiger partial charge in [0.15, 0.2) is 5.09 Å². The molecule has 1 aromatic heterocycles. The number of rotatable bonds is 4. The second-order valence-electron chi connectivity index (χ2n) is 3.84. The Kier molecular flexibility index (Phi) is 3.62. The molecule has 1 N–H and O–H groups in total. The highest BCUT2D eigenvalue weighted by atomic mass is 32.2. The molecule has 4 nitrogen and oxygen atoms in total. The van der Waals surface area contributed by atoms with Gasteiger partial charge in [-0.05, 0) is 30.2 Å². The minimum atomic E-state index is -1.37. The molecule has 5 heteroatoms. The van der Waals surface area contributed by atoms with E-state index in [1.807, 2.05) is 31.2 Å². The summed E-state index contributed by atoms with van der Waals surface area (Å²) < 4.78 is 17.0. The summed E-state index contributed by atoms with van der Waals surface area (Å²) in [4.78, 5) is 10.7. The second kappa shape index (κ2) is 5.18. The van der Waals surface area contributed by atoms with Crippen LogP contribution in [-0.4, -0.2) is 15.3 Å². The van der Waals surface area contributed by atoms with Gasteiger partial charge in [0.25, 0.3) is 0 Å². The number of aryl methyl sites for hydroxylation is 1. The van der Waals surface area contributed by atoms with Crippen molar-refractivity contribution in [2.45, 2.75) is 17.8 Å². The van der Waals surface area contributed by atoms with Crippen molar-refractivity contribution in [1.82, 2.24) is 0 Å². The van der Waals surface area contributed by atoms with Gasteiger partial charge in [-0.15, -0.1) is 0 Å². The summed E-state index contributed by atoms with van der Waals surface area (Å²) in [5.41, 5.74) is 2.01. The van der Waals surface area contributed by atoms with Crippen LogP contribution in [0, 0.1) is 6.92 Å². The summed E-state index contributed by atoms with van der Waals surface area (Å²) in [7, 11) is -1.37. The van der Waals surface area contributed by atoms with Crippen molar-refractivity contribution in [2.75, 3.05) is 0 Å². The van der Waals surface area contributed by atoms with Gasteiger partial charge in [0.05, 0.1) is 16.6 Å². The lowest BCUT2D eigenvalue weighted by molar-refractivity contribution is 0.0656. The molecule has 1 aromatic carbocycles. The minimum absolute atomic E-state index is 0.190. The first-order valence-electron chi connectivity index (χ1n) is 5.34. The minimum Gasteiger partial charge on any atom is -0.475 e. The van der Waals surface area contributed by atoms with E-state index in [4.69, 9.17) is 9.52 Å². The van der Waals surface area contributed by atoms with E-state index in [2.05, 4.69) is 0 Å². The van der Waals surface area contributed by atoms with Crippen LogP contribution in [0.5, 0.6) is 0 Å². The van der Waals surface area contributed by atoms with Crippen LogP contribution in [0.1, 0.15) is 21.7 Å². The van der Waals surface area contributed by atoms with E-state index >= 15 is 0 Å². The molecule has 18 heavy (non-hydrogen) atoms. The lowest BCUT2D eigenvalue weighted by Crippen LogP contribution is -1.97. The van der Waals surface area contributed by atoms with Crippen molar-refractivity contribution in [2.24, 2.45) is 0 Å². The normalized spacial score (nSPS) is 12.3. The Bertz CT molecular complexity index is 601. The third-order valence-corrected chi connectivity index (χ3v) is 3.81. The van der Waals surface area contributed by atoms with Crippen LogP contribution in [0.3, 0.4) is 0 Å². The summed E-state index contributed by atoms with van der Waals surface area (Å²) in [6.45, 7) is 1.94. The molecule has 0 saturated carbocycles. The topological polar surface area (TPSA) is 67.5 Å². The van der Waals surface area contributed by atoms with E-state index in [0.717, 1.165) is 11.1 Å². The maximum absolute atomic E-state index is 12.0. The molecule has 0 radical (unpaired) electrons. The van der Waals surface area contributed by atoms with Crippen molar-refractivity contribution in [3.8, 4) is 0 Å². The largest absolute Gasteiger partial charge is 0.475 e. The maximum Gasteiger partial charge on any atom is 0.371 e. The van der Waals surface area contributed by atoms with Gasteiger partial charge in [0.2, 0.25) is 5.76 Å². The average molecular weight is 264 g/mol. The van der Waals surface area contributed by atoms with Gasteiger partial charge in [-0.2, -0.15) is 0 Å². The molecule has 1 unspecified atom stereocenters. The van der Waals surface area contributed by atoms with Crippen LogP contribution in [-0.2, 0) is 16.6 Å². The number of benzene rings is 1. The molecule has 0 bridgehead atoms. The fourth-order valence-electron chi connectivity index (χ4n) is 1.54. The number of hydrogen-bond acceptors (Lipinski definition) is 3. The zero-order chi connectivity index (χ0) is 13.1. The fourth-order valence-corrected chi connectivity index (χ4v) is 2.69. The first-order chi connectivity index (χ1) is 8.58. The zero-order valence-corrected chi connectivity index (χ0v) is 10.6. The van der Waals surface area contributed by atoms with E-state index < -0.39 is 16.8 Å². The summed E-state index contributed by atoms with van der Waals surface area (Å²) >= 11 is 0. The molecule has 0 aliphatic carbocycles. The Balaban J connectivity index is 2.17. The number of carboxylic acids is 1. The van der Waals surface area contributed by atoms with Gasteiger partial charge in [-0.3, -0.25) is 4.21 Å². The molecule has 0 aliphatic rings. The molecule has 0 spiro atoms. The van der Waals surface area contributed by atoms with Gasteiger partial charge < -0.3 is 9.52 Å². The Morgan fingerprint density at radius 2 is 2.00 bits per heavy atom. The predicted octanol–water partition coefficient (Wildman–Crippen LogP) is 2.59. The summed E-state index contributed by atoms with van der Waals surface area (Å²) in [5, 5.41) is 8.91. The van der Waals surface area contributed by atoms with Gasteiger partial charge in [0, 0.05) is 0 Å². The van der Waals surface area contributed by atoms with Crippen LogP contribution >= 0.6 is 0 Å². The third-order valence-electron chi connectivity index (χ3n) is 2.56. The van der Waals surface area contributed by atoms with E-state index in [9.17, 15) is 9.00 Å². The molecule has 94 valence electrons. The first kappa shape index (κ1) is 12.6. The molecule has 2 rings (SSSR count). The quantitative estimate of drug-likeness (QED) is 0.921. The van der Waals surface area contributed by atoms with Crippen molar-refractivity contribution in [3.05, 3.63) is 53.3 Å². The lowest BCUT2D eigenvalue weighted by Gasteiger charge is -2.03. The van der Waals surface area contributed by atoms with Crippen molar-refractivity contribution in [1.29, 1.82) is 0 Å². The van der Waals surface area contributed by atoms with Gasteiger partial charge in [-0.25, -0.2) is 4.79 Å². The van der Waals surface area contributed by atoms with Crippen molar-refractivity contribution < 1.29 is 18.5 Å². The Labute approximate surface area is 107 Å². The molecule has 0 saturated heterocycles. The standard InChI is InChI=1S/C13H12O4S/c1-9-4-2-3-5-10(9)8-18(16)12-7-6-11(17-12)13(14)15/h2-7H,8H2,1H3,(H,14,15). The van der Waals surface area contributed by atoms with Gasteiger partial charge >= 0.3 is 5.97 Å². The summed E-state index contributed by atoms with van der Waals surface area (Å²) in [6.07, 6.45) is 0. The lowest BCUT2D eigenvalue weighted by atomic mass is 10.1. The van der Waals surface area contributed by atoms with Crippen molar-refractivity contribution in [3.63, 3.8) is 0 Å². The van der Waals surface area contributed by atoms with Gasteiger partial charge in [0.1, 0.15) is 0 Å². The third kappa shape index (κ3) is 2.68. The van der Waals surface area contributed by atoms with E-state index in [-0.39, 0.29) is 10.9 Å². The summed E-state index contributed by atoms with van der Waals surface area (Å²) in [5.74, 6) is -1.03. The highest BCUT2D eigenvalue weighted by Gasteiger charge is 2.14. The van der Waals surface area contributed by atoms with E-state index in [1.54, 1.807) is 0 Å². The molecular formula is C13H12O4S. The molecule has 1 atom stereocenters. The van der Waals surface area contributed by atoms with Crippen LogP contribution < -0.4 is 0 Å². The van der Waals surface area contributed by atoms with Gasteiger partial charge in [-0.1, -0.05) is 24.3 Å². The number of carbonyl (C=O) groups is 1. The second-order valence-corrected chi connectivity index (χ2v) is 5.22. The highest BCUT2D eigenvalue weighted by molar-refractivity contribution is 7.84. The van der Waals surface area contributed by atoms with Crippen molar-refractivity contribution >= 4 is 16.8 Å². The smallest absolute Gasteiger partial charge is 0.371 e. The van der Waals surface area contributed by atoms with Crippen LogP contribution in [0.25, 0.3) is 0 Å². The number of carboxylic acid groups (broad SMARTS) is 1. The fraction of sp³-hybridized carbons (Fsp3) is 0.154. The molecule has 2 aromatic rings. The Morgan fingerprint density at radius 3 is 2.61 bits per heavy atom. The molecule has 0 fully saturated rings. The zero-order valence-electron chi connectivity index (χ0n) is 9.75. The average Bonchev–Trinajstić information content (AvgIpc) is 2.81. The van der Waals surface area contributed by atoms with E-state index in [1.165, 1.54) is 12.1 Å². The maximum atomic E-state index is 12.0. The first-order valence-corrected chi connectivity index (χ1v) is 6.66. The van der Waals surface area contributed by atoms with E-state index in [0.29, 0.717) is 5.75 Å². The Morgan fingerprint density at radius 1 is 1.28 bits per heavy atom. The molecule has 1 heterocycles. The number of furan rings is 1. The molecular weight excluding hydrogens is 252 g/mol. The molecule has 0 amide bonds. The monoisotopic (exact) mass is 264 g/mol. The SMILES string of the molecule is Cc1ccccc1CS(=O)c1ccc(C(=O)O)o1. The summed E-state index contributed by atoms with van der Waals surface area (Å²) in [6, 6.07) is 10.4. The number of aromatic carboxylic acids is 1.